The smallest absolute Gasteiger partial charge is 0.254 e. The van der Waals surface area contributed by atoms with Crippen molar-refractivity contribution in [2.45, 2.75) is 45.7 Å². The fourth-order valence-corrected chi connectivity index (χ4v) is 5.61. The van der Waals surface area contributed by atoms with Crippen LogP contribution in [0.5, 0.6) is 0 Å². The fraction of sp³-hybridized carbons (Fsp3) is 0.391. The highest BCUT2D eigenvalue weighted by Crippen LogP contribution is 2.48. The van der Waals surface area contributed by atoms with E-state index in [0.717, 1.165) is 58.8 Å². The first kappa shape index (κ1) is 23.5. The van der Waals surface area contributed by atoms with E-state index in [2.05, 4.69) is 32.9 Å². The van der Waals surface area contributed by atoms with Gasteiger partial charge in [-0.05, 0) is 73.3 Å². The summed E-state index contributed by atoms with van der Waals surface area (Å²) in [5.41, 5.74) is 11.2. The number of amides is 1. The SMILES string of the molecule is C.Cc1noc(C)c1-c1ccc2c(c1)C(c1ccsc1)(N1CCC[C@@H](N)C1)C(=O)N2.S. The molecule has 8 heteroatoms. The van der Waals surface area contributed by atoms with Crippen LogP contribution in [0, 0.1) is 13.8 Å². The van der Waals surface area contributed by atoms with E-state index in [1.54, 1.807) is 11.3 Å². The minimum absolute atomic E-state index is 0. The molecule has 2 aliphatic rings. The van der Waals surface area contributed by atoms with Gasteiger partial charge < -0.3 is 15.6 Å². The number of anilines is 1. The molecule has 1 saturated heterocycles. The quantitative estimate of drug-likeness (QED) is 0.608. The second-order valence-corrected chi connectivity index (χ2v) is 8.76. The van der Waals surface area contributed by atoms with E-state index in [0.29, 0.717) is 6.54 Å². The minimum atomic E-state index is -0.859. The summed E-state index contributed by atoms with van der Waals surface area (Å²) in [4.78, 5) is 15.8. The van der Waals surface area contributed by atoms with E-state index in [4.69, 9.17) is 10.3 Å². The van der Waals surface area contributed by atoms with E-state index < -0.39 is 5.54 Å². The Labute approximate surface area is 194 Å². The Balaban J connectivity index is 0.00000136. The lowest BCUT2D eigenvalue weighted by atomic mass is 9.81. The fourth-order valence-electron chi connectivity index (χ4n) is 4.91. The second-order valence-electron chi connectivity index (χ2n) is 7.98. The predicted octanol–water partition coefficient (Wildman–Crippen LogP) is 4.39. The Bertz CT molecular complexity index is 1060. The standard InChI is InChI=1S/C22H24N4O2S.CH4.H2S/c1-13-20(14(2)28-25-13)15-5-6-19-18(10-15)22(21(27)24-19,16-7-9-29-12-16)26-8-3-4-17(23)11-26;;/h5-7,9-10,12,17H,3-4,8,11,23H2,1-2H3,(H,24,27);1H4;1H2/t17-,22?;;/m1../s1. The molecule has 2 aliphatic heterocycles. The summed E-state index contributed by atoms with van der Waals surface area (Å²) in [6, 6.07) is 8.27. The van der Waals surface area contributed by atoms with E-state index in [1.807, 2.05) is 31.4 Å². The third-order valence-corrected chi connectivity index (χ3v) is 6.86. The van der Waals surface area contributed by atoms with Crippen LogP contribution in [0.1, 0.15) is 42.8 Å². The summed E-state index contributed by atoms with van der Waals surface area (Å²) < 4.78 is 5.39. The van der Waals surface area contributed by atoms with Crippen molar-refractivity contribution < 1.29 is 9.32 Å². The molecule has 1 unspecified atom stereocenters. The summed E-state index contributed by atoms with van der Waals surface area (Å²) in [5, 5.41) is 11.4. The van der Waals surface area contributed by atoms with Crippen molar-refractivity contribution in [3.8, 4) is 11.1 Å². The number of rotatable bonds is 3. The molecule has 3 aromatic rings. The summed E-state index contributed by atoms with van der Waals surface area (Å²) in [6.07, 6.45) is 1.98. The Morgan fingerprint density at radius 2 is 2.13 bits per heavy atom. The number of nitrogens with zero attached hydrogens (tertiary/aromatic N) is 2. The molecule has 1 amide bonds. The molecule has 0 spiro atoms. The highest BCUT2D eigenvalue weighted by Gasteiger charge is 2.53. The number of aromatic nitrogens is 1. The number of nitrogens with two attached hydrogens (primary N) is 1. The Morgan fingerprint density at radius 3 is 2.77 bits per heavy atom. The van der Waals surface area contributed by atoms with Gasteiger partial charge in [-0.2, -0.15) is 24.8 Å². The monoisotopic (exact) mass is 458 g/mol. The highest BCUT2D eigenvalue weighted by atomic mass is 32.1. The molecule has 1 aromatic carbocycles. The summed E-state index contributed by atoms with van der Waals surface area (Å²) in [7, 11) is 0. The van der Waals surface area contributed by atoms with Crippen LogP contribution in [-0.4, -0.2) is 35.1 Å². The molecular formula is C23H30N4O2S2. The normalized spacial score (nSPS) is 22.9. The molecule has 2 atom stereocenters. The lowest BCUT2D eigenvalue weighted by Gasteiger charge is -2.43. The molecular weight excluding hydrogens is 428 g/mol. The summed E-state index contributed by atoms with van der Waals surface area (Å²) in [6.45, 7) is 5.39. The first-order valence-electron chi connectivity index (χ1n) is 9.94. The number of hydrogen-bond donors (Lipinski definition) is 2. The molecule has 0 radical (unpaired) electrons. The van der Waals surface area contributed by atoms with E-state index in [9.17, 15) is 4.79 Å². The number of nitrogens with one attached hydrogen (secondary N) is 1. The molecule has 0 aliphatic carbocycles. The number of thiophene rings is 1. The molecule has 6 nitrogen and oxygen atoms in total. The van der Waals surface area contributed by atoms with Crippen LogP contribution < -0.4 is 11.1 Å². The van der Waals surface area contributed by atoms with E-state index in [1.165, 1.54) is 0 Å². The Morgan fingerprint density at radius 1 is 1.32 bits per heavy atom. The van der Waals surface area contributed by atoms with Crippen molar-refractivity contribution in [2.24, 2.45) is 5.73 Å². The third-order valence-electron chi connectivity index (χ3n) is 6.18. The molecule has 0 bridgehead atoms. The number of benzene rings is 1. The number of fused-ring (bicyclic) bond motifs is 1. The predicted molar refractivity (Wildman–Crippen MR) is 131 cm³/mol. The minimum Gasteiger partial charge on any atom is -0.361 e. The number of carbonyl (C=O) groups excluding carboxylic acids is 1. The maximum Gasteiger partial charge on any atom is 0.254 e. The van der Waals surface area contributed by atoms with Gasteiger partial charge in [0.15, 0.2) is 5.54 Å². The molecule has 1 fully saturated rings. The largest absolute Gasteiger partial charge is 0.361 e. The summed E-state index contributed by atoms with van der Waals surface area (Å²) >= 11 is 1.61. The molecule has 0 saturated carbocycles. The van der Waals surface area contributed by atoms with Crippen LogP contribution in [0.4, 0.5) is 5.69 Å². The molecule has 166 valence electrons. The van der Waals surface area contributed by atoms with Crippen molar-refractivity contribution in [3.05, 3.63) is 57.6 Å². The lowest BCUT2D eigenvalue weighted by Crippen LogP contribution is -2.57. The number of aryl methyl sites for hydroxylation is 2. The first-order valence-corrected chi connectivity index (χ1v) is 10.9. The van der Waals surface area contributed by atoms with Crippen LogP contribution in [0.3, 0.4) is 0 Å². The zero-order chi connectivity index (χ0) is 20.2. The van der Waals surface area contributed by atoms with Gasteiger partial charge in [0.05, 0.1) is 5.69 Å². The van der Waals surface area contributed by atoms with Crippen LogP contribution in [-0.2, 0) is 10.3 Å². The van der Waals surface area contributed by atoms with Gasteiger partial charge in [-0.1, -0.05) is 18.6 Å². The van der Waals surface area contributed by atoms with Crippen molar-refractivity contribution in [1.29, 1.82) is 0 Å². The van der Waals surface area contributed by atoms with Gasteiger partial charge in [0.2, 0.25) is 0 Å². The van der Waals surface area contributed by atoms with Crippen LogP contribution in [0.15, 0.2) is 39.5 Å². The average Bonchev–Trinajstić information content (AvgIpc) is 3.40. The maximum absolute atomic E-state index is 13.6. The Kier molecular flexibility index (Phi) is 6.67. The lowest BCUT2D eigenvalue weighted by molar-refractivity contribution is -0.126. The van der Waals surface area contributed by atoms with Crippen LogP contribution in [0.2, 0.25) is 0 Å². The van der Waals surface area contributed by atoms with Gasteiger partial charge in [0.25, 0.3) is 5.91 Å². The van der Waals surface area contributed by atoms with Crippen molar-refractivity contribution in [1.82, 2.24) is 10.1 Å². The van der Waals surface area contributed by atoms with Crippen molar-refractivity contribution in [2.75, 3.05) is 18.4 Å². The second kappa shape index (κ2) is 8.78. The Hall–Kier alpha value is -2.13. The van der Waals surface area contributed by atoms with E-state index in [-0.39, 0.29) is 32.9 Å². The van der Waals surface area contributed by atoms with Crippen molar-refractivity contribution in [3.63, 3.8) is 0 Å². The number of piperidine rings is 1. The van der Waals surface area contributed by atoms with Crippen molar-refractivity contribution >= 4 is 36.4 Å². The highest BCUT2D eigenvalue weighted by molar-refractivity contribution is 7.59. The van der Waals surface area contributed by atoms with Crippen LogP contribution in [0.25, 0.3) is 11.1 Å². The zero-order valence-corrected chi connectivity index (χ0v) is 18.9. The third kappa shape index (κ3) is 3.51. The molecule has 4 heterocycles. The maximum atomic E-state index is 13.6. The van der Waals surface area contributed by atoms with Gasteiger partial charge in [-0.25, -0.2) is 0 Å². The van der Waals surface area contributed by atoms with Gasteiger partial charge >= 0.3 is 0 Å². The molecule has 31 heavy (non-hydrogen) atoms. The molecule has 3 N–H and O–H groups in total. The molecule has 2 aromatic heterocycles. The van der Waals surface area contributed by atoms with Gasteiger partial charge in [-0.3, -0.25) is 9.69 Å². The number of carbonyl (C=O) groups is 1. The topological polar surface area (TPSA) is 84.4 Å². The van der Waals surface area contributed by atoms with Gasteiger partial charge in [0.1, 0.15) is 5.76 Å². The van der Waals surface area contributed by atoms with Gasteiger partial charge in [-0.15, -0.1) is 0 Å². The number of hydrogen-bond acceptors (Lipinski definition) is 6. The van der Waals surface area contributed by atoms with E-state index >= 15 is 0 Å². The zero-order valence-electron chi connectivity index (χ0n) is 17.1. The number of likely N-dealkylation sites (tertiary alicyclic amines) is 1. The average molecular weight is 459 g/mol. The first-order chi connectivity index (χ1) is 14.0. The van der Waals surface area contributed by atoms with Gasteiger partial charge in [0, 0.05) is 29.4 Å². The van der Waals surface area contributed by atoms with Crippen LogP contribution >= 0.6 is 24.8 Å². The summed E-state index contributed by atoms with van der Waals surface area (Å²) in [5.74, 6) is 0.775. The molecule has 5 rings (SSSR count).